The number of hydrogen-bond acceptors (Lipinski definition) is 5. The first-order valence-corrected chi connectivity index (χ1v) is 11.1. The van der Waals surface area contributed by atoms with Crippen LogP contribution in [0.2, 0.25) is 0 Å². The van der Waals surface area contributed by atoms with Gasteiger partial charge in [-0.1, -0.05) is 17.7 Å². The molecule has 0 unspecified atom stereocenters. The summed E-state index contributed by atoms with van der Waals surface area (Å²) in [5.74, 6) is -0.245. The Bertz CT molecular complexity index is 1070. The van der Waals surface area contributed by atoms with Gasteiger partial charge in [0, 0.05) is 36.1 Å². The van der Waals surface area contributed by atoms with Gasteiger partial charge in [0.05, 0.1) is 10.5 Å². The van der Waals surface area contributed by atoms with Gasteiger partial charge in [-0.25, -0.2) is 18.1 Å². The molecule has 0 atom stereocenters. The number of aromatic nitrogens is 2. The molecule has 2 N–H and O–H groups in total. The molecule has 1 amide bonds. The standard InChI is InChI=1S/C19H22N4O3S2/c1-13-4-6-16(7-5-13)28(25,26)22-9-8-20-18(24)17-12-14(2)23(15(17)3)19-21-10-11-27-19/h4-7,10-12,22H,8-9H2,1-3H3,(H,20,24). The van der Waals surface area contributed by atoms with E-state index in [2.05, 4.69) is 15.0 Å². The van der Waals surface area contributed by atoms with E-state index in [-0.39, 0.29) is 23.9 Å². The zero-order chi connectivity index (χ0) is 20.3. The molecule has 0 bridgehead atoms. The van der Waals surface area contributed by atoms with Crippen molar-refractivity contribution in [3.05, 3.63) is 64.4 Å². The molecule has 148 valence electrons. The smallest absolute Gasteiger partial charge is 0.253 e. The molecule has 3 rings (SSSR count). The largest absolute Gasteiger partial charge is 0.351 e. The Morgan fingerprint density at radius 3 is 2.50 bits per heavy atom. The van der Waals surface area contributed by atoms with Crippen LogP contribution >= 0.6 is 11.3 Å². The zero-order valence-corrected chi connectivity index (χ0v) is 17.5. The lowest BCUT2D eigenvalue weighted by Gasteiger charge is -2.09. The number of carbonyl (C=O) groups is 1. The van der Waals surface area contributed by atoms with Crippen LogP contribution in [0.1, 0.15) is 27.3 Å². The highest BCUT2D eigenvalue weighted by atomic mass is 32.2. The first-order valence-electron chi connectivity index (χ1n) is 8.73. The molecule has 0 aliphatic heterocycles. The number of carbonyl (C=O) groups excluding carboxylic acids is 1. The van der Waals surface area contributed by atoms with Crippen LogP contribution in [0.5, 0.6) is 0 Å². The van der Waals surface area contributed by atoms with E-state index < -0.39 is 10.0 Å². The van der Waals surface area contributed by atoms with Crippen LogP contribution in [-0.2, 0) is 10.0 Å². The average molecular weight is 419 g/mol. The van der Waals surface area contributed by atoms with Gasteiger partial charge < -0.3 is 5.32 Å². The number of sulfonamides is 1. The third-order valence-electron chi connectivity index (χ3n) is 4.32. The van der Waals surface area contributed by atoms with Gasteiger partial charge in [-0.3, -0.25) is 9.36 Å². The monoisotopic (exact) mass is 418 g/mol. The fourth-order valence-corrected chi connectivity index (χ4v) is 4.65. The van der Waals surface area contributed by atoms with Gasteiger partial charge in [0.1, 0.15) is 0 Å². The topological polar surface area (TPSA) is 93.1 Å². The van der Waals surface area contributed by atoms with Crippen LogP contribution in [0.3, 0.4) is 0 Å². The third kappa shape index (κ3) is 4.32. The van der Waals surface area contributed by atoms with E-state index in [1.165, 1.54) is 11.3 Å². The van der Waals surface area contributed by atoms with Crippen LogP contribution in [0, 0.1) is 20.8 Å². The summed E-state index contributed by atoms with van der Waals surface area (Å²) in [6.45, 7) is 5.97. The van der Waals surface area contributed by atoms with Crippen LogP contribution in [-0.4, -0.2) is 37.0 Å². The highest BCUT2D eigenvalue weighted by Gasteiger charge is 2.18. The maximum Gasteiger partial charge on any atom is 0.253 e. The summed E-state index contributed by atoms with van der Waals surface area (Å²) in [5.41, 5.74) is 3.25. The Morgan fingerprint density at radius 2 is 1.86 bits per heavy atom. The number of nitrogens with zero attached hydrogens (tertiary/aromatic N) is 2. The van der Waals surface area contributed by atoms with Gasteiger partial charge in [0.2, 0.25) is 10.0 Å². The van der Waals surface area contributed by atoms with Crippen molar-refractivity contribution in [1.82, 2.24) is 19.6 Å². The Kier molecular flexibility index (Phi) is 5.97. The molecular formula is C19H22N4O3S2. The van der Waals surface area contributed by atoms with Gasteiger partial charge >= 0.3 is 0 Å². The van der Waals surface area contributed by atoms with E-state index >= 15 is 0 Å². The molecule has 9 heteroatoms. The Morgan fingerprint density at radius 1 is 1.14 bits per heavy atom. The van der Waals surface area contributed by atoms with Crippen molar-refractivity contribution in [2.45, 2.75) is 25.7 Å². The number of rotatable bonds is 7. The predicted octanol–water partition coefficient (Wildman–Crippen LogP) is 2.57. The Balaban J connectivity index is 1.59. The van der Waals surface area contributed by atoms with Crippen molar-refractivity contribution in [2.75, 3.05) is 13.1 Å². The summed E-state index contributed by atoms with van der Waals surface area (Å²) >= 11 is 1.50. The minimum Gasteiger partial charge on any atom is -0.351 e. The number of benzene rings is 1. The van der Waals surface area contributed by atoms with Crippen LogP contribution in [0.4, 0.5) is 0 Å². The van der Waals surface area contributed by atoms with E-state index in [1.54, 1.807) is 30.5 Å². The second kappa shape index (κ2) is 8.26. The first kappa shape index (κ1) is 20.2. The van der Waals surface area contributed by atoms with Crippen molar-refractivity contribution in [3.63, 3.8) is 0 Å². The van der Waals surface area contributed by atoms with Gasteiger partial charge in [-0.05, 0) is 39.0 Å². The van der Waals surface area contributed by atoms with E-state index in [0.717, 1.165) is 22.1 Å². The van der Waals surface area contributed by atoms with Crippen LogP contribution < -0.4 is 10.0 Å². The van der Waals surface area contributed by atoms with Crippen LogP contribution in [0.25, 0.3) is 5.13 Å². The van der Waals surface area contributed by atoms with Crippen molar-refractivity contribution in [1.29, 1.82) is 0 Å². The molecule has 0 radical (unpaired) electrons. The molecule has 0 aliphatic carbocycles. The Labute approximate surface area is 168 Å². The molecule has 3 aromatic rings. The quantitative estimate of drug-likeness (QED) is 0.577. The molecule has 0 saturated carbocycles. The van der Waals surface area contributed by atoms with Gasteiger partial charge in [-0.15, -0.1) is 11.3 Å². The van der Waals surface area contributed by atoms with Gasteiger partial charge in [0.15, 0.2) is 5.13 Å². The number of thiazole rings is 1. The van der Waals surface area contributed by atoms with E-state index in [1.807, 2.05) is 36.8 Å². The maximum absolute atomic E-state index is 12.5. The second-order valence-corrected chi connectivity index (χ2v) is 9.04. The molecule has 7 nitrogen and oxygen atoms in total. The lowest BCUT2D eigenvalue weighted by Crippen LogP contribution is -2.34. The molecule has 1 aromatic carbocycles. The lowest BCUT2D eigenvalue weighted by atomic mass is 10.2. The molecule has 2 heterocycles. The maximum atomic E-state index is 12.5. The first-order chi connectivity index (χ1) is 13.3. The summed E-state index contributed by atoms with van der Waals surface area (Å²) in [7, 11) is -3.59. The van der Waals surface area contributed by atoms with Crippen molar-refractivity contribution < 1.29 is 13.2 Å². The minimum atomic E-state index is -3.59. The van der Waals surface area contributed by atoms with Crippen molar-refractivity contribution in [3.8, 4) is 5.13 Å². The molecule has 0 saturated heterocycles. The van der Waals surface area contributed by atoms with E-state index in [9.17, 15) is 13.2 Å². The van der Waals surface area contributed by atoms with E-state index in [0.29, 0.717) is 5.56 Å². The summed E-state index contributed by atoms with van der Waals surface area (Å²) < 4.78 is 28.9. The predicted molar refractivity (Wildman–Crippen MR) is 110 cm³/mol. The number of hydrogen-bond donors (Lipinski definition) is 2. The summed E-state index contributed by atoms with van der Waals surface area (Å²) in [5, 5.41) is 5.45. The molecule has 0 aliphatic rings. The molecule has 2 aromatic heterocycles. The normalized spacial score (nSPS) is 11.5. The minimum absolute atomic E-state index is 0.104. The fourth-order valence-electron chi connectivity index (χ4n) is 2.87. The fraction of sp³-hybridized carbons (Fsp3) is 0.263. The second-order valence-electron chi connectivity index (χ2n) is 6.40. The molecule has 0 fully saturated rings. The van der Waals surface area contributed by atoms with E-state index in [4.69, 9.17) is 0 Å². The Hall–Kier alpha value is -2.49. The highest BCUT2D eigenvalue weighted by Crippen LogP contribution is 2.22. The number of amides is 1. The lowest BCUT2D eigenvalue weighted by molar-refractivity contribution is 0.0953. The average Bonchev–Trinajstić information content (AvgIpc) is 3.26. The summed E-state index contributed by atoms with van der Waals surface area (Å²) in [4.78, 5) is 17.0. The van der Waals surface area contributed by atoms with Gasteiger partial charge in [-0.2, -0.15) is 0 Å². The van der Waals surface area contributed by atoms with Crippen molar-refractivity contribution in [2.24, 2.45) is 0 Å². The zero-order valence-electron chi connectivity index (χ0n) is 15.9. The molecule has 0 spiro atoms. The number of nitrogens with one attached hydrogen (secondary N) is 2. The summed E-state index contributed by atoms with van der Waals surface area (Å²) in [6.07, 6.45) is 1.72. The summed E-state index contributed by atoms with van der Waals surface area (Å²) in [6, 6.07) is 8.42. The SMILES string of the molecule is Cc1ccc(S(=O)(=O)NCCNC(=O)c2cc(C)n(-c3nccs3)c2C)cc1. The number of aryl methyl sites for hydroxylation is 2. The molecular weight excluding hydrogens is 396 g/mol. The van der Waals surface area contributed by atoms with Crippen LogP contribution in [0.15, 0.2) is 46.8 Å². The van der Waals surface area contributed by atoms with Gasteiger partial charge in [0.25, 0.3) is 5.91 Å². The highest BCUT2D eigenvalue weighted by molar-refractivity contribution is 7.89. The molecule has 28 heavy (non-hydrogen) atoms. The van der Waals surface area contributed by atoms with Crippen molar-refractivity contribution >= 4 is 27.3 Å². The third-order valence-corrected chi connectivity index (χ3v) is 6.55.